The summed E-state index contributed by atoms with van der Waals surface area (Å²) >= 11 is 1.32. The van der Waals surface area contributed by atoms with Gasteiger partial charge in [0, 0.05) is 25.9 Å². The molecule has 5 nitrogen and oxygen atoms in total. The molecule has 0 aliphatic carbocycles. The Labute approximate surface area is 112 Å². The van der Waals surface area contributed by atoms with Gasteiger partial charge >= 0.3 is 0 Å². The Bertz CT molecular complexity index is 308. The lowest BCUT2D eigenvalue weighted by atomic mass is 10.0. The molecule has 0 aromatic rings. The Hall–Kier alpha value is -0.880. The molecule has 2 N–H and O–H groups in total. The van der Waals surface area contributed by atoms with Crippen LogP contribution < -0.4 is 5.73 Å². The maximum Gasteiger partial charge on any atom is 0.224 e. The number of likely N-dealkylation sites (N-methyl/N-ethyl adjacent to an activating group) is 1. The summed E-state index contributed by atoms with van der Waals surface area (Å²) in [7, 11) is 1.56. The first kappa shape index (κ1) is 17.1. The van der Waals surface area contributed by atoms with E-state index in [0.29, 0.717) is 0 Å². The third-order valence-electron chi connectivity index (χ3n) is 2.81. The van der Waals surface area contributed by atoms with Crippen LogP contribution in [-0.4, -0.2) is 54.0 Å². The fourth-order valence-electron chi connectivity index (χ4n) is 1.53. The molecule has 0 spiro atoms. The molecule has 1 amide bonds. The lowest BCUT2D eigenvalue weighted by Gasteiger charge is -2.28. The maximum absolute atomic E-state index is 11.9. The van der Waals surface area contributed by atoms with Crippen molar-refractivity contribution in [1.29, 1.82) is 0 Å². The van der Waals surface area contributed by atoms with Gasteiger partial charge in [0.2, 0.25) is 5.91 Å². The molecule has 0 saturated carbocycles. The van der Waals surface area contributed by atoms with Crippen molar-refractivity contribution in [2.75, 3.05) is 19.8 Å². The zero-order valence-corrected chi connectivity index (χ0v) is 12.2. The Morgan fingerprint density at radius 1 is 1.39 bits per heavy atom. The van der Waals surface area contributed by atoms with E-state index in [4.69, 9.17) is 5.73 Å². The molecule has 2 unspecified atom stereocenters. The van der Waals surface area contributed by atoms with Crippen molar-refractivity contribution < 1.29 is 14.4 Å². The molecule has 0 saturated heterocycles. The van der Waals surface area contributed by atoms with E-state index < -0.39 is 6.04 Å². The monoisotopic (exact) mass is 274 g/mol. The van der Waals surface area contributed by atoms with Crippen molar-refractivity contribution in [1.82, 2.24) is 4.90 Å². The van der Waals surface area contributed by atoms with E-state index in [9.17, 15) is 14.4 Å². The number of nitrogens with zero attached hydrogens (tertiary/aromatic N) is 1. The highest BCUT2D eigenvalue weighted by Gasteiger charge is 2.28. The van der Waals surface area contributed by atoms with Gasteiger partial charge in [0.1, 0.15) is 12.3 Å². The number of carbonyl (C=O) groups is 3. The summed E-state index contributed by atoms with van der Waals surface area (Å²) in [4.78, 5) is 35.9. The zero-order chi connectivity index (χ0) is 14.3. The molecule has 0 fully saturated rings. The van der Waals surface area contributed by atoms with E-state index in [1.54, 1.807) is 27.2 Å². The highest BCUT2D eigenvalue weighted by atomic mass is 32.2. The predicted octanol–water partition coefficient (Wildman–Crippen LogP) is 0.318. The first-order valence-corrected chi connectivity index (χ1v) is 7.15. The molecular weight excluding hydrogens is 252 g/mol. The minimum Gasteiger partial charge on any atom is -0.334 e. The van der Waals surface area contributed by atoms with Crippen LogP contribution in [0.15, 0.2) is 0 Å². The second kappa shape index (κ2) is 8.26. The summed E-state index contributed by atoms with van der Waals surface area (Å²) in [5, 5.41) is -0.368. The van der Waals surface area contributed by atoms with Crippen LogP contribution in [0.3, 0.4) is 0 Å². The quantitative estimate of drug-likeness (QED) is 0.645. The number of nitrogens with two attached hydrogens (primary N) is 1. The molecule has 0 aliphatic rings. The predicted molar refractivity (Wildman–Crippen MR) is 73.4 cm³/mol. The average Bonchev–Trinajstić information content (AvgIpc) is 2.35. The third-order valence-corrected chi connectivity index (χ3v) is 3.70. The molecule has 0 aromatic carbocycles. The third kappa shape index (κ3) is 4.78. The normalized spacial score (nSPS) is 14.1. The SMILES string of the molecule is CSC(C=O)CC(=O)N(C)C(CN)C(=O)C(C)C. The number of ketones is 1. The standard InChI is InChI=1S/C12H22N2O3S/c1-8(2)12(17)10(6-13)14(3)11(16)5-9(7-15)18-4/h7-10H,5-6,13H2,1-4H3. The zero-order valence-electron chi connectivity index (χ0n) is 11.4. The lowest BCUT2D eigenvalue weighted by molar-refractivity contribution is -0.139. The van der Waals surface area contributed by atoms with Crippen molar-refractivity contribution in [3.05, 3.63) is 0 Å². The van der Waals surface area contributed by atoms with Crippen molar-refractivity contribution >= 4 is 29.7 Å². The Morgan fingerprint density at radius 2 is 1.94 bits per heavy atom. The van der Waals surface area contributed by atoms with E-state index in [2.05, 4.69) is 0 Å². The fourth-order valence-corrected chi connectivity index (χ4v) is 1.95. The minimum absolute atomic E-state index is 0.0554. The van der Waals surface area contributed by atoms with Gasteiger partial charge in [-0.15, -0.1) is 0 Å². The number of hydrogen-bond donors (Lipinski definition) is 1. The average molecular weight is 274 g/mol. The summed E-state index contributed by atoms with van der Waals surface area (Å²) in [5.41, 5.74) is 5.56. The molecule has 0 bridgehead atoms. The van der Waals surface area contributed by atoms with E-state index in [1.807, 2.05) is 0 Å². The van der Waals surface area contributed by atoms with Crippen LogP contribution in [-0.2, 0) is 14.4 Å². The van der Waals surface area contributed by atoms with Gasteiger partial charge in [0.25, 0.3) is 0 Å². The Kier molecular flexibility index (Phi) is 7.86. The van der Waals surface area contributed by atoms with Gasteiger partial charge in [-0.25, -0.2) is 0 Å². The Morgan fingerprint density at radius 3 is 2.28 bits per heavy atom. The molecule has 0 heterocycles. The van der Waals surface area contributed by atoms with Crippen molar-refractivity contribution in [2.45, 2.75) is 31.6 Å². The molecule has 0 aliphatic heterocycles. The van der Waals surface area contributed by atoms with Crippen molar-refractivity contribution in [2.24, 2.45) is 11.7 Å². The number of Topliss-reactive ketones (excluding diaryl/α,β-unsaturated/α-hetero) is 1. The summed E-state index contributed by atoms with van der Waals surface area (Å²) in [6.45, 7) is 3.66. The van der Waals surface area contributed by atoms with Crippen LogP contribution in [0.2, 0.25) is 0 Å². The van der Waals surface area contributed by atoms with Crippen LogP contribution in [0, 0.1) is 5.92 Å². The van der Waals surface area contributed by atoms with Crippen molar-refractivity contribution in [3.8, 4) is 0 Å². The molecular formula is C12H22N2O3S. The number of amides is 1. The molecule has 6 heteroatoms. The topological polar surface area (TPSA) is 80.5 Å². The smallest absolute Gasteiger partial charge is 0.224 e. The molecule has 0 rings (SSSR count). The fraction of sp³-hybridized carbons (Fsp3) is 0.750. The van der Waals surface area contributed by atoms with Gasteiger partial charge in [-0.05, 0) is 6.26 Å². The molecule has 0 radical (unpaired) electrons. The first-order chi connectivity index (χ1) is 8.38. The summed E-state index contributed by atoms with van der Waals surface area (Å²) < 4.78 is 0. The lowest BCUT2D eigenvalue weighted by Crippen LogP contribution is -2.49. The second-order valence-corrected chi connectivity index (χ2v) is 5.50. The van der Waals surface area contributed by atoms with Gasteiger partial charge in [0.05, 0.1) is 5.25 Å². The largest absolute Gasteiger partial charge is 0.334 e. The first-order valence-electron chi connectivity index (χ1n) is 5.86. The van der Waals surface area contributed by atoms with Gasteiger partial charge in [-0.1, -0.05) is 13.8 Å². The van der Waals surface area contributed by atoms with Crippen LogP contribution in [0.4, 0.5) is 0 Å². The van der Waals surface area contributed by atoms with Crippen LogP contribution in [0.5, 0.6) is 0 Å². The molecule has 2 atom stereocenters. The maximum atomic E-state index is 11.9. The number of carbonyl (C=O) groups excluding carboxylic acids is 3. The van der Waals surface area contributed by atoms with E-state index in [-0.39, 0.29) is 35.8 Å². The highest BCUT2D eigenvalue weighted by Crippen LogP contribution is 2.12. The number of rotatable bonds is 8. The number of thioether (sulfide) groups is 1. The van der Waals surface area contributed by atoms with Gasteiger partial charge in [-0.3, -0.25) is 9.59 Å². The van der Waals surface area contributed by atoms with Crippen LogP contribution >= 0.6 is 11.8 Å². The molecule has 18 heavy (non-hydrogen) atoms. The second-order valence-electron chi connectivity index (χ2n) is 4.43. The Balaban J connectivity index is 4.68. The molecule has 104 valence electrons. The molecule has 0 aromatic heterocycles. The van der Waals surface area contributed by atoms with Crippen molar-refractivity contribution in [3.63, 3.8) is 0 Å². The van der Waals surface area contributed by atoms with Gasteiger partial charge < -0.3 is 15.4 Å². The van der Waals surface area contributed by atoms with Gasteiger partial charge in [-0.2, -0.15) is 11.8 Å². The van der Waals surface area contributed by atoms with Crippen LogP contribution in [0.25, 0.3) is 0 Å². The van der Waals surface area contributed by atoms with Gasteiger partial charge in [0.15, 0.2) is 5.78 Å². The van der Waals surface area contributed by atoms with E-state index >= 15 is 0 Å². The highest BCUT2D eigenvalue weighted by molar-refractivity contribution is 7.99. The summed E-state index contributed by atoms with van der Waals surface area (Å²) in [6.07, 6.45) is 2.62. The van der Waals surface area contributed by atoms with Crippen LogP contribution in [0.1, 0.15) is 20.3 Å². The summed E-state index contributed by atoms with van der Waals surface area (Å²) in [6, 6.07) is -0.605. The van der Waals surface area contributed by atoms with E-state index in [0.717, 1.165) is 6.29 Å². The summed E-state index contributed by atoms with van der Waals surface area (Å²) in [5.74, 6) is -0.456. The van der Waals surface area contributed by atoms with E-state index in [1.165, 1.54) is 16.7 Å². The number of hydrogen-bond acceptors (Lipinski definition) is 5. The minimum atomic E-state index is -0.605. The number of aldehydes is 1.